The van der Waals surface area contributed by atoms with Gasteiger partial charge >= 0.3 is 5.91 Å². The predicted molar refractivity (Wildman–Crippen MR) is 146 cm³/mol. The summed E-state index contributed by atoms with van der Waals surface area (Å²) in [6, 6.07) is 11.8. The molecule has 0 spiro atoms. The first-order chi connectivity index (χ1) is 18.2. The molecule has 6 rings (SSSR count). The summed E-state index contributed by atoms with van der Waals surface area (Å²) in [7, 11) is 0. The Hall–Kier alpha value is -2.87. The van der Waals surface area contributed by atoms with E-state index < -0.39 is 5.41 Å². The van der Waals surface area contributed by atoms with Gasteiger partial charge in [-0.3, -0.25) is 4.79 Å². The number of unbranched alkanes of at least 4 members (excludes halogenated alkanes) is 1. The number of hydrogen-bond acceptors (Lipinski definition) is 5. The van der Waals surface area contributed by atoms with Crippen LogP contribution in [0.25, 0.3) is 0 Å². The first-order valence-corrected chi connectivity index (χ1v) is 14.2. The monoisotopic (exact) mass is 539 g/mol. The number of aryl methyl sites for hydroxylation is 1. The van der Waals surface area contributed by atoms with Crippen molar-refractivity contribution >= 4 is 35.8 Å². The molecule has 3 atom stereocenters. The van der Waals surface area contributed by atoms with Gasteiger partial charge in [-0.25, -0.2) is 9.18 Å². The number of nitrogens with one attached hydrogen (secondary N) is 1. The molecule has 2 aromatic carbocycles. The summed E-state index contributed by atoms with van der Waals surface area (Å²) in [5, 5.41) is 2.88. The second kappa shape index (κ2) is 10.7. The average molecular weight is 540 g/mol. The first-order valence-electron chi connectivity index (χ1n) is 13.5. The lowest BCUT2D eigenvalue weighted by Gasteiger charge is -2.62. The number of hydroxylamine groups is 1. The highest BCUT2D eigenvalue weighted by molar-refractivity contribution is 7.94. The van der Waals surface area contributed by atoms with Crippen LogP contribution in [-0.4, -0.2) is 29.4 Å². The highest BCUT2D eigenvalue weighted by Crippen LogP contribution is 2.66. The largest absolute Gasteiger partial charge is 0.494 e. The summed E-state index contributed by atoms with van der Waals surface area (Å²) in [6.45, 7) is 7.14. The lowest BCUT2D eigenvalue weighted by molar-refractivity contribution is -0.672. The number of carbonyl (C=O) groups is 2. The van der Waals surface area contributed by atoms with Crippen molar-refractivity contribution in [1.82, 2.24) is 0 Å². The summed E-state index contributed by atoms with van der Waals surface area (Å²) in [5.41, 5.74) is 1.61. The fourth-order valence-electron chi connectivity index (χ4n) is 6.40. The zero-order chi connectivity index (χ0) is 26.9. The summed E-state index contributed by atoms with van der Waals surface area (Å²) in [6.07, 6.45) is 7.33. The van der Waals surface area contributed by atoms with Crippen LogP contribution in [0, 0.1) is 28.5 Å². The third kappa shape index (κ3) is 5.33. The Morgan fingerprint density at radius 2 is 1.97 bits per heavy atom. The molecule has 202 valence electrons. The first kappa shape index (κ1) is 26.7. The van der Waals surface area contributed by atoms with Gasteiger partial charge in [0.2, 0.25) is 12.1 Å². The van der Waals surface area contributed by atoms with Crippen LogP contribution in [0.1, 0.15) is 64.9 Å². The number of anilines is 1. The number of fused-ring (bicyclic) bond motifs is 3. The fourth-order valence-corrected chi connectivity index (χ4v) is 6.94. The van der Waals surface area contributed by atoms with E-state index in [9.17, 15) is 14.0 Å². The third-order valence-electron chi connectivity index (χ3n) is 8.85. The standard InChI is InChI=1S/C30H35FN2O4S/c1-29(2)21-14-15-30(3,26(29)19-21)28(35)33(37-38-24-10-7-22(31)8-11-24)16-4-5-17-36-23-9-12-25-20(18-23)6-13-27(34)32-25/h7-12,16,18,21,26H,4-6,13-15,17,19H2,1-3H3/p+1. The van der Waals surface area contributed by atoms with E-state index in [-0.39, 0.29) is 23.0 Å². The minimum absolute atomic E-state index is 0.0130. The number of amides is 2. The van der Waals surface area contributed by atoms with E-state index >= 15 is 0 Å². The topological polar surface area (TPSA) is 67.6 Å². The molecular formula is C30H36FN2O4S+. The highest BCUT2D eigenvalue weighted by atomic mass is 32.2. The van der Waals surface area contributed by atoms with Crippen molar-refractivity contribution < 1.29 is 27.7 Å². The van der Waals surface area contributed by atoms with Crippen molar-refractivity contribution in [1.29, 1.82) is 0 Å². The molecule has 3 aliphatic carbocycles. The lowest BCUT2D eigenvalue weighted by Crippen LogP contribution is -2.60. The predicted octanol–water partition coefficient (Wildman–Crippen LogP) is 6.58. The molecule has 0 radical (unpaired) electrons. The second-order valence-corrected chi connectivity index (χ2v) is 12.3. The maximum Gasteiger partial charge on any atom is 0.441 e. The minimum Gasteiger partial charge on any atom is -0.494 e. The summed E-state index contributed by atoms with van der Waals surface area (Å²) in [5.74, 6) is 1.51. The van der Waals surface area contributed by atoms with Gasteiger partial charge < -0.3 is 10.1 Å². The van der Waals surface area contributed by atoms with Crippen LogP contribution in [-0.2, 0) is 20.3 Å². The summed E-state index contributed by atoms with van der Waals surface area (Å²) in [4.78, 5) is 26.2. The van der Waals surface area contributed by atoms with E-state index in [0.717, 1.165) is 53.2 Å². The number of benzene rings is 2. The number of ether oxygens (including phenoxy) is 1. The Morgan fingerprint density at radius 1 is 1.18 bits per heavy atom. The molecule has 1 aliphatic heterocycles. The zero-order valence-electron chi connectivity index (χ0n) is 22.3. The van der Waals surface area contributed by atoms with E-state index in [4.69, 9.17) is 9.02 Å². The molecule has 1 N–H and O–H groups in total. The molecule has 2 amide bonds. The summed E-state index contributed by atoms with van der Waals surface area (Å²) >= 11 is 1.06. The van der Waals surface area contributed by atoms with Crippen molar-refractivity contribution in [3.05, 3.63) is 53.8 Å². The average Bonchev–Trinajstić information content (AvgIpc) is 2.90. The van der Waals surface area contributed by atoms with Crippen molar-refractivity contribution in [2.24, 2.45) is 22.7 Å². The molecule has 8 heteroatoms. The quantitative estimate of drug-likeness (QED) is 0.128. The normalized spacial score (nSPS) is 25.6. The Kier molecular flexibility index (Phi) is 7.54. The minimum atomic E-state index is -0.479. The Morgan fingerprint density at radius 3 is 2.71 bits per heavy atom. The fraction of sp³-hybridized carbons (Fsp3) is 0.500. The van der Waals surface area contributed by atoms with Crippen molar-refractivity contribution in [2.45, 2.75) is 70.6 Å². The molecule has 3 unspecified atom stereocenters. The van der Waals surface area contributed by atoms with Gasteiger partial charge in [-0.15, -0.1) is 0 Å². The van der Waals surface area contributed by atoms with Gasteiger partial charge in [0.1, 0.15) is 17.0 Å². The van der Waals surface area contributed by atoms with Crippen LogP contribution in [0.15, 0.2) is 47.4 Å². The maximum absolute atomic E-state index is 13.9. The number of rotatable bonds is 9. The van der Waals surface area contributed by atoms with Crippen LogP contribution in [0.5, 0.6) is 5.75 Å². The SMILES string of the molecule is CC1(C(=O)[N+](=CCCCOc2ccc3c(c2)CCC(=O)N3)OSc2ccc(F)cc2)CCC2CC1C2(C)C. The molecule has 0 aromatic heterocycles. The smallest absolute Gasteiger partial charge is 0.441 e. The second-order valence-electron chi connectivity index (χ2n) is 11.5. The van der Waals surface area contributed by atoms with Crippen molar-refractivity contribution in [3.8, 4) is 5.75 Å². The molecule has 38 heavy (non-hydrogen) atoms. The molecule has 3 saturated carbocycles. The molecule has 3 fully saturated rings. The van der Waals surface area contributed by atoms with Gasteiger partial charge in [0, 0.05) is 18.5 Å². The number of halogens is 1. The van der Waals surface area contributed by atoms with E-state index in [1.807, 2.05) is 24.4 Å². The Labute approximate surface area is 228 Å². The van der Waals surface area contributed by atoms with Gasteiger partial charge in [-0.2, -0.15) is 4.28 Å². The van der Waals surface area contributed by atoms with Gasteiger partial charge in [0.25, 0.3) is 0 Å². The van der Waals surface area contributed by atoms with Crippen LogP contribution < -0.4 is 10.1 Å². The van der Waals surface area contributed by atoms with Crippen LogP contribution >= 0.6 is 12.0 Å². The van der Waals surface area contributed by atoms with E-state index in [2.05, 4.69) is 26.1 Å². The highest BCUT2D eigenvalue weighted by Gasteiger charge is 2.65. The Bertz CT molecular complexity index is 1240. The van der Waals surface area contributed by atoms with Crippen LogP contribution in [0.2, 0.25) is 0 Å². The maximum atomic E-state index is 13.9. The van der Waals surface area contributed by atoms with Crippen molar-refractivity contribution in [2.75, 3.05) is 11.9 Å². The van der Waals surface area contributed by atoms with E-state index in [1.54, 1.807) is 12.1 Å². The molecule has 2 bridgehead atoms. The van der Waals surface area contributed by atoms with Gasteiger partial charge in [0.05, 0.1) is 16.2 Å². The zero-order valence-corrected chi connectivity index (χ0v) is 23.1. The van der Waals surface area contributed by atoms with Gasteiger partial charge in [-0.05, 0) is 104 Å². The van der Waals surface area contributed by atoms with Crippen molar-refractivity contribution in [3.63, 3.8) is 0 Å². The lowest BCUT2D eigenvalue weighted by atomic mass is 9.41. The Balaban J connectivity index is 1.23. The molecular weight excluding hydrogens is 503 g/mol. The molecule has 6 nitrogen and oxygen atoms in total. The van der Waals surface area contributed by atoms with Crippen LogP contribution in [0.4, 0.5) is 10.1 Å². The third-order valence-corrected chi connectivity index (χ3v) is 9.55. The van der Waals surface area contributed by atoms with Gasteiger partial charge in [0.15, 0.2) is 12.0 Å². The summed E-state index contributed by atoms with van der Waals surface area (Å²) < 4.78 is 26.7. The van der Waals surface area contributed by atoms with Crippen LogP contribution in [0.3, 0.4) is 0 Å². The number of nitrogens with zero attached hydrogens (tertiary/aromatic N) is 1. The van der Waals surface area contributed by atoms with E-state index in [0.29, 0.717) is 44.1 Å². The number of carbonyl (C=O) groups excluding carboxylic acids is 2. The molecule has 1 heterocycles. The van der Waals surface area contributed by atoms with Gasteiger partial charge in [-0.1, -0.05) is 13.8 Å². The molecule has 2 aromatic rings. The molecule has 0 saturated heterocycles. The molecule has 4 aliphatic rings. The number of hydrogen-bond donors (Lipinski definition) is 1. The van der Waals surface area contributed by atoms with E-state index in [1.165, 1.54) is 16.9 Å².